The van der Waals surface area contributed by atoms with Crippen molar-refractivity contribution in [1.29, 1.82) is 0 Å². The Labute approximate surface area is 156 Å². The summed E-state index contributed by atoms with van der Waals surface area (Å²) in [6.45, 7) is 3.78. The van der Waals surface area contributed by atoms with Gasteiger partial charge in [-0.1, -0.05) is 30.3 Å². The van der Waals surface area contributed by atoms with E-state index in [4.69, 9.17) is 0 Å². The monoisotopic (exact) mass is 371 g/mol. The van der Waals surface area contributed by atoms with E-state index in [1.165, 1.54) is 11.8 Å². The Morgan fingerprint density at radius 2 is 1.50 bits per heavy atom. The number of hydrogen-bond donors (Lipinski definition) is 3. The number of thioether (sulfide) groups is 1. The standard InChI is InChI=1S/C19H21N3O3S/c1-13(2)20-17(23)12-26-16-11-7-6-10-15(16)19(25)22-21-18(24)14-8-4-3-5-9-14/h3-11,13H,12H2,1-2H3,(H,20,23)(H,21,24)(H,22,25). The van der Waals surface area contributed by atoms with Gasteiger partial charge in [0.1, 0.15) is 0 Å². The van der Waals surface area contributed by atoms with Crippen molar-refractivity contribution in [1.82, 2.24) is 16.2 Å². The largest absolute Gasteiger partial charge is 0.353 e. The van der Waals surface area contributed by atoms with Crippen LogP contribution in [0.4, 0.5) is 0 Å². The van der Waals surface area contributed by atoms with E-state index in [9.17, 15) is 14.4 Å². The first-order valence-corrected chi connectivity index (χ1v) is 9.13. The fourth-order valence-corrected chi connectivity index (χ4v) is 2.99. The maximum atomic E-state index is 12.4. The highest BCUT2D eigenvalue weighted by Crippen LogP contribution is 2.22. The summed E-state index contributed by atoms with van der Waals surface area (Å²) in [6.07, 6.45) is 0. The Morgan fingerprint density at radius 3 is 2.19 bits per heavy atom. The Hall–Kier alpha value is -2.80. The fraction of sp³-hybridized carbons (Fsp3) is 0.211. The minimum absolute atomic E-state index is 0.0647. The zero-order valence-electron chi connectivity index (χ0n) is 14.6. The van der Waals surface area contributed by atoms with Crippen molar-refractivity contribution >= 4 is 29.5 Å². The minimum atomic E-state index is -0.443. The van der Waals surface area contributed by atoms with Gasteiger partial charge >= 0.3 is 0 Å². The molecule has 0 aliphatic carbocycles. The van der Waals surface area contributed by atoms with Crippen LogP contribution >= 0.6 is 11.8 Å². The van der Waals surface area contributed by atoms with Crippen LogP contribution < -0.4 is 16.2 Å². The van der Waals surface area contributed by atoms with Crippen molar-refractivity contribution < 1.29 is 14.4 Å². The molecule has 2 rings (SSSR count). The van der Waals surface area contributed by atoms with Crippen LogP contribution in [0.25, 0.3) is 0 Å². The van der Waals surface area contributed by atoms with E-state index in [1.54, 1.807) is 54.6 Å². The average molecular weight is 371 g/mol. The lowest BCUT2D eigenvalue weighted by Crippen LogP contribution is -2.41. The number of rotatable bonds is 6. The summed E-state index contributed by atoms with van der Waals surface area (Å²) in [5.74, 6) is -0.738. The lowest BCUT2D eigenvalue weighted by molar-refractivity contribution is -0.119. The van der Waals surface area contributed by atoms with Crippen molar-refractivity contribution in [3.8, 4) is 0 Å². The van der Waals surface area contributed by atoms with E-state index in [0.717, 1.165) is 0 Å². The molecule has 0 saturated heterocycles. The summed E-state index contributed by atoms with van der Waals surface area (Å²) in [5.41, 5.74) is 5.63. The zero-order chi connectivity index (χ0) is 18.9. The van der Waals surface area contributed by atoms with Gasteiger partial charge in [0.25, 0.3) is 11.8 Å². The van der Waals surface area contributed by atoms with Crippen LogP contribution in [0, 0.1) is 0 Å². The second-order valence-electron chi connectivity index (χ2n) is 5.78. The topological polar surface area (TPSA) is 87.3 Å². The normalized spacial score (nSPS) is 10.3. The zero-order valence-corrected chi connectivity index (χ0v) is 15.4. The van der Waals surface area contributed by atoms with Gasteiger partial charge in [-0.05, 0) is 38.1 Å². The predicted octanol–water partition coefficient (Wildman–Crippen LogP) is 2.38. The number of nitrogens with one attached hydrogen (secondary N) is 3. The van der Waals surface area contributed by atoms with E-state index >= 15 is 0 Å². The van der Waals surface area contributed by atoms with Gasteiger partial charge in [0, 0.05) is 16.5 Å². The van der Waals surface area contributed by atoms with Gasteiger partial charge in [-0.3, -0.25) is 25.2 Å². The molecule has 0 heterocycles. The number of hydrogen-bond acceptors (Lipinski definition) is 4. The first-order chi connectivity index (χ1) is 12.5. The molecule has 0 aromatic heterocycles. The summed E-state index contributed by atoms with van der Waals surface area (Å²) in [4.78, 5) is 36.8. The van der Waals surface area contributed by atoms with E-state index in [1.807, 2.05) is 13.8 Å². The highest BCUT2D eigenvalue weighted by Gasteiger charge is 2.14. The lowest BCUT2D eigenvalue weighted by atomic mass is 10.2. The third-order valence-electron chi connectivity index (χ3n) is 3.27. The second-order valence-corrected chi connectivity index (χ2v) is 6.80. The second kappa shape index (κ2) is 9.62. The number of carbonyl (C=O) groups is 3. The van der Waals surface area contributed by atoms with E-state index in [-0.39, 0.29) is 17.7 Å². The Morgan fingerprint density at radius 1 is 0.885 bits per heavy atom. The summed E-state index contributed by atoms with van der Waals surface area (Å²) in [7, 11) is 0. The van der Waals surface area contributed by atoms with Crippen molar-refractivity contribution in [2.75, 3.05) is 5.75 Å². The minimum Gasteiger partial charge on any atom is -0.353 e. The predicted molar refractivity (Wildman–Crippen MR) is 102 cm³/mol. The van der Waals surface area contributed by atoms with Crippen LogP contribution in [-0.2, 0) is 4.79 Å². The van der Waals surface area contributed by atoms with Gasteiger partial charge in [-0.25, -0.2) is 0 Å². The SMILES string of the molecule is CC(C)NC(=O)CSc1ccccc1C(=O)NNC(=O)c1ccccc1. The molecule has 2 aromatic rings. The van der Waals surface area contributed by atoms with Gasteiger partial charge in [0.2, 0.25) is 5.91 Å². The Bertz CT molecular complexity index is 779. The van der Waals surface area contributed by atoms with Gasteiger partial charge < -0.3 is 5.32 Å². The van der Waals surface area contributed by atoms with Crippen molar-refractivity contribution in [2.24, 2.45) is 0 Å². The quantitative estimate of drug-likeness (QED) is 0.537. The lowest BCUT2D eigenvalue weighted by Gasteiger charge is -2.12. The van der Waals surface area contributed by atoms with Crippen LogP contribution in [0.1, 0.15) is 34.6 Å². The molecule has 6 nitrogen and oxygen atoms in total. The molecule has 136 valence electrons. The van der Waals surface area contributed by atoms with Crippen LogP contribution in [0.15, 0.2) is 59.5 Å². The molecule has 26 heavy (non-hydrogen) atoms. The van der Waals surface area contributed by atoms with Crippen LogP contribution in [-0.4, -0.2) is 29.5 Å². The average Bonchev–Trinajstić information content (AvgIpc) is 2.64. The molecule has 0 spiro atoms. The molecule has 3 amide bonds. The molecule has 0 bridgehead atoms. The smallest absolute Gasteiger partial charge is 0.270 e. The number of hydrazine groups is 1. The molecule has 7 heteroatoms. The van der Waals surface area contributed by atoms with Crippen molar-refractivity contribution in [3.63, 3.8) is 0 Å². The van der Waals surface area contributed by atoms with Crippen molar-refractivity contribution in [3.05, 3.63) is 65.7 Å². The molecular weight excluding hydrogens is 350 g/mol. The third kappa shape index (κ3) is 5.93. The van der Waals surface area contributed by atoms with Gasteiger partial charge in [0.05, 0.1) is 11.3 Å². The Balaban J connectivity index is 1.96. The van der Waals surface area contributed by atoms with Gasteiger partial charge in [-0.15, -0.1) is 11.8 Å². The number of amides is 3. The van der Waals surface area contributed by atoms with E-state index in [0.29, 0.717) is 16.0 Å². The molecule has 0 fully saturated rings. The fourth-order valence-electron chi connectivity index (χ4n) is 2.13. The molecule has 0 atom stereocenters. The summed E-state index contributed by atoms with van der Waals surface area (Å²) < 4.78 is 0. The molecule has 0 aliphatic heterocycles. The highest BCUT2D eigenvalue weighted by molar-refractivity contribution is 8.00. The molecule has 0 aliphatic rings. The maximum absolute atomic E-state index is 12.4. The molecule has 0 radical (unpaired) electrons. The molecule has 3 N–H and O–H groups in total. The van der Waals surface area contributed by atoms with Crippen molar-refractivity contribution in [2.45, 2.75) is 24.8 Å². The molecule has 0 saturated carbocycles. The van der Waals surface area contributed by atoms with Crippen LogP contribution in [0.2, 0.25) is 0 Å². The maximum Gasteiger partial charge on any atom is 0.270 e. The molecular formula is C19H21N3O3S. The molecule has 2 aromatic carbocycles. The summed E-state index contributed by atoms with van der Waals surface area (Å²) in [6, 6.07) is 15.6. The number of benzene rings is 2. The molecule has 0 unspecified atom stereocenters. The third-order valence-corrected chi connectivity index (χ3v) is 4.34. The highest BCUT2D eigenvalue weighted by atomic mass is 32.2. The van der Waals surface area contributed by atoms with Crippen LogP contribution in [0.3, 0.4) is 0 Å². The van der Waals surface area contributed by atoms with Crippen LogP contribution in [0.5, 0.6) is 0 Å². The van der Waals surface area contributed by atoms with E-state index < -0.39 is 11.8 Å². The summed E-state index contributed by atoms with van der Waals surface area (Å²) in [5, 5.41) is 2.80. The van der Waals surface area contributed by atoms with Gasteiger partial charge in [-0.2, -0.15) is 0 Å². The first-order valence-electron chi connectivity index (χ1n) is 8.14. The Kier molecular flexibility index (Phi) is 7.23. The number of carbonyl (C=O) groups excluding carboxylic acids is 3. The summed E-state index contributed by atoms with van der Waals surface area (Å²) >= 11 is 1.27. The van der Waals surface area contributed by atoms with E-state index in [2.05, 4.69) is 16.2 Å². The van der Waals surface area contributed by atoms with Gasteiger partial charge in [0.15, 0.2) is 0 Å². The first kappa shape index (κ1) is 19.5.